The molecular formula is C20H12ClF3N2O3. The number of nitrogens with zero attached hydrogens (tertiary/aromatic N) is 1. The third-order valence-corrected chi connectivity index (χ3v) is 4.17. The lowest BCUT2D eigenvalue weighted by Crippen LogP contribution is -2.23. The van der Waals surface area contributed by atoms with Crippen LogP contribution in [0.3, 0.4) is 0 Å². The molecule has 0 atom stereocenters. The van der Waals surface area contributed by atoms with Gasteiger partial charge in [0.05, 0.1) is 23.4 Å². The number of alkyl halides is 3. The Morgan fingerprint density at radius 3 is 2.69 bits per heavy atom. The Morgan fingerprint density at radius 2 is 2.03 bits per heavy atom. The van der Waals surface area contributed by atoms with Gasteiger partial charge in [0.15, 0.2) is 0 Å². The highest BCUT2D eigenvalue weighted by Gasteiger charge is 2.31. The molecule has 0 unspecified atom stereocenters. The van der Waals surface area contributed by atoms with Crippen molar-refractivity contribution in [3.8, 4) is 17.4 Å². The normalized spacial score (nSPS) is 11.9. The molecule has 0 aliphatic heterocycles. The highest BCUT2D eigenvalue weighted by molar-refractivity contribution is 6.33. The van der Waals surface area contributed by atoms with E-state index >= 15 is 0 Å². The summed E-state index contributed by atoms with van der Waals surface area (Å²) in [4.78, 5) is 12.1. The Bertz CT molecular complexity index is 1090. The molecule has 148 valence electrons. The molecule has 1 aromatic carbocycles. The third kappa shape index (κ3) is 4.89. The van der Waals surface area contributed by atoms with Gasteiger partial charge in [0, 0.05) is 11.6 Å². The molecule has 5 nitrogen and oxygen atoms in total. The fourth-order valence-corrected chi connectivity index (χ4v) is 2.64. The van der Waals surface area contributed by atoms with E-state index in [2.05, 4.69) is 5.32 Å². The summed E-state index contributed by atoms with van der Waals surface area (Å²) in [5.74, 6) is 0.0351. The van der Waals surface area contributed by atoms with Crippen molar-refractivity contribution >= 4 is 23.6 Å². The van der Waals surface area contributed by atoms with Gasteiger partial charge in [-0.05, 0) is 42.5 Å². The Balaban J connectivity index is 1.81. The van der Waals surface area contributed by atoms with Crippen LogP contribution in [0.15, 0.2) is 63.1 Å². The molecular weight excluding hydrogens is 409 g/mol. The van der Waals surface area contributed by atoms with Gasteiger partial charge < -0.3 is 14.2 Å². The number of carbonyl (C=O) groups excluding carboxylic acids is 1. The Kier molecular flexibility index (Phi) is 5.80. The van der Waals surface area contributed by atoms with Gasteiger partial charge in [-0.15, -0.1) is 0 Å². The molecule has 9 heteroatoms. The molecule has 0 saturated carbocycles. The second-order valence-corrected chi connectivity index (χ2v) is 6.23. The largest absolute Gasteiger partial charge is 0.467 e. The molecule has 3 rings (SSSR count). The first-order chi connectivity index (χ1) is 13.8. The maximum absolute atomic E-state index is 12.9. The number of nitriles is 1. The van der Waals surface area contributed by atoms with E-state index in [4.69, 9.17) is 20.4 Å². The van der Waals surface area contributed by atoms with E-state index in [1.54, 1.807) is 18.2 Å². The van der Waals surface area contributed by atoms with Crippen molar-refractivity contribution in [1.82, 2.24) is 5.32 Å². The molecule has 2 heterocycles. The number of benzene rings is 1. The van der Waals surface area contributed by atoms with Crippen LogP contribution in [0.2, 0.25) is 5.02 Å². The molecule has 1 N–H and O–H groups in total. The van der Waals surface area contributed by atoms with Crippen molar-refractivity contribution in [2.75, 3.05) is 0 Å². The van der Waals surface area contributed by atoms with E-state index in [1.165, 1.54) is 24.5 Å². The number of amides is 1. The predicted molar refractivity (Wildman–Crippen MR) is 98.3 cm³/mol. The Labute approximate surface area is 168 Å². The number of rotatable bonds is 5. The lowest BCUT2D eigenvalue weighted by Gasteiger charge is -2.09. The number of hydrogen-bond acceptors (Lipinski definition) is 4. The summed E-state index contributed by atoms with van der Waals surface area (Å²) < 4.78 is 49.4. The van der Waals surface area contributed by atoms with Crippen molar-refractivity contribution in [3.05, 3.63) is 76.4 Å². The molecule has 29 heavy (non-hydrogen) atoms. The Hall–Kier alpha value is -3.44. The Morgan fingerprint density at radius 1 is 1.24 bits per heavy atom. The van der Waals surface area contributed by atoms with E-state index in [9.17, 15) is 23.2 Å². The third-order valence-electron chi connectivity index (χ3n) is 3.84. The molecule has 2 aromatic heterocycles. The standard InChI is InChI=1S/C20H12ClF3N2O3/c21-17-5-3-13(20(22,23)24)9-16(17)18-6-4-14(29-18)8-12(10-25)19(27)26-11-15-2-1-7-28-15/h1-9H,11H2,(H,26,27). The van der Waals surface area contributed by atoms with Crippen LogP contribution in [0.5, 0.6) is 0 Å². The molecule has 0 fully saturated rings. The SMILES string of the molecule is N#CC(=Cc1ccc(-c2cc(C(F)(F)F)ccc2Cl)o1)C(=O)NCc1ccco1. The average Bonchev–Trinajstić information content (AvgIpc) is 3.35. The van der Waals surface area contributed by atoms with Crippen molar-refractivity contribution < 1.29 is 26.8 Å². The van der Waals surface area contributed by atoms with Crippen LogP contribution >= 0.6 is 11.6 Å². The number of hydrogen-bond donors (Lipinski definition) is 1. The van der Waals surface area contributed by atoms with E-state index in [1.807, 2.05) is 0 Å². The van der Waals surface area contributed by atoms with Gasteiger partial charge in [-0.25, -0.2) is 0 Å². The number of carbonyl (C=O) groups is 1. The van der Waals surface area contributed by atoms with Crippen LogP contribution in [0.4, 0.5) is 13.2 Å². The quantitative estimate of drug-likeness (QED) is 0.440. The van der Waals surface area contributed by atoms with Crippen molar-refractivity contribution in [2.24, 2.45) is 0 Å². The first-order valence-electron chi connectivity index (χ1n) is 8.17. The second-order valence-electron chi connectivity index (χ2n) is 5.83. The summed E-state index contributed by atoms with van der Waals surface area (Å²) in [6, 6.07) is 10.8. The summed E-state index contributed by atoms with van der Waals surface area (Å²) in [5.41, 5.74) is -1.07. The van der Waals surface area contributed by atoms with Gasteiger partial charge in [0.2, 0.25) is 0 Å². The van der Waals surface area contributed by atoms with Gasteiger partial charge in [-0.2, -0.15) is 18.4 Å². The first kappa shape index (κ1) is 20.3. The van der Waals surface area contributed by atoms with E-state index in [-0.39, 0.29) is 34.2 Å². The summed E-state index contributed by atoms with van der Waals surface area (Å²) in [7, 11) is 0. The van der Waals surface area contributed by atoms with Crippen LogP contribution < -0.4 is 5.32 Å². The van der Waals surface area contributed by atoms with E-state index in [0.29, 0.717) is 5.76 Å². The van der Waals surface area contributed by atoms with Crippen LogP contribution in [-0.4, -0.2) is 5.91 Å². The van der Waals surface area contributed by atoms with Crippen LogP contribution in [0.1, 0.15) is 17.1 Å². The molecule has 0 radical (unpaired) electrons. The van der Waals surface area contributed by atoms with Crippen LogP contribution in [0.25, 0.3) is 17.4 Å². The molecule has 0 spiro atoms. The fraction of sp³-hybridized carbons (Fsp3) is 0.100. The summed E-state index contributed by atoms with van der Waals surface area (Å²) in [6.07, 6.45) is -1.90. The summed E-state index contributed by atoms with van der Waals surface area (Å²) >= 11 is 6.00. The number of furan rings is 2. The molecule has 1 amide bonds. The molecule has 0 aliphatic rings. The van der Waals surface area contributed by atoms with E-state index in [0.717, 1.165) is 18.2 Å². The van der Waals surface area contributed by atoms with Gasteiger partial charge in [0.25, 0.3) is 5.91 Å². The minimum atomic E-state index is -4.53. The van der Waals surface area contributed by atoms with Crippen molar-refractivity contribution in [3.63, 3.8) is 0 Å². The molecule has 3 aromatic rings. The van der Waals surface area contributed by atoms with Gasteiger partial charge in [0.1, 0.15) is 28.9 Å². The predicted octanol–water partition coefficient (Wildman–Crippen LogP) is 5.44. The molecule has 0 aliphatic carbocycles. The summed E-state index contributed by atoms with van der Waals surface area (Å²) in [5, 5.41) is 11.8. The van der Waals surface area contributed by atoms with Gasteiger partial charge >= 0.3 is 6.18 Å². The maximum atomic E-state index is 12.9. The van der Waals surface area contributed by atoms with Crippen molar-refractivity contribution in [2.45, 2.75) is 12.7 Å². The first-order valence-corrected chi connectivity index (χ1v) is 8.55. The highest BCUT2D eigenvalue weighted by Crippen LogP contribution is 2.36. The number of halogens is 4. The minimum absolute atomic E-state index is 0.0434. The minimum Gasteiger partial charge on any atom is -0.467 e. The molecule has 0 bridgehead atoms. The lowest BCUT2D eigenvalue weighted by molar-refractivity contribution is -0.137. The van der Waals surface area contributed by atoms with E-state index < -0.39 is 17.6 Å². The molecule has 0 saturated heterocycles. The van der Waals surface area contributed by atoms with Crippen LogP contribution in [0, 0.1) is 11.3 Å². The van der Waals surface area contributed by atoms with Gasteiger partial charge in [-0.1, -0.05) is 11.6 Å². The zero-order chi connectivity index (χ0) is 21.0. The zero-order valence-electron chi connectivity index (χ0n) is 14.6. The maximum Gasteiger partial charge on any atom is 0.416 e. The van der Waals surface area contributed by atoms with Gasteiger partial charge in [-0.3, -0.25) is 4.79 Å². The monoisotopic (exact) mass is 420 g/mol. The number of nitrogens with one attached hydrogen (secondary N) is 1. The van der Waals surface area contributed by atoms with Crippen LogP contribution in [-0.2, 0) is 17.5 Å². The summed E-state index contributed by atoms with van der Waals surface area (Å²) in [6.45, 7) is 0.0914. The smallest absolute Gasteiger partial charge is 0.416 e. The lowest BCUT2D eigenvalue weighted by atomic mass is 10.1. The zero-order valence-corrected chi connectivity index (χ0v) is 15.3. The average molecular weight is 421 g/mol. The van der Waals surface area contributed by atoms with Crippen molar-refractivity contribution in [1.29, 1.82) is 5.26 Å². The fourth-order valence-electron chi connectivity index (χ4n) is 2.43. The second kappa shape index (κ2) is 8.29. The highest BCUT2D eigenvalue weighted by atomic mass is 35.5. The topological polar surface area (TPSA) is 79.2 Å².